The van der Waals surface area contributed by atoms with Crippen molar-refractivity contribution >= 4 is 5.91 Å². The van der Waals surface area contributed by atoms with Crippen molar-refractivity contribution in [2.45, 2.75) is 19.9 Å². The smallest absolute Gasteiger partial charge is 0.257 e. The van der Waals surface area contributed by atoms with E-state index in [9.17, 15) is 9.18 Å². The van der Waals surface area contributed by atoms with Crippen molar-refractivity contribution in [1.29, 1.82) is 0 Å². The molecule has 1 aromatic rings. The van der Waals surface area contributed by atoms with Crippen molar-refractivity contribution in [3.8, 4) is 5.75 Å². The fourth-order valence-electron chi connectivity index (χ4n) is 1.54. The Morgan fingerprint density at radius 3 is 2.78 bits per heavy atom. The minimum absolute atomic E-state index is 0.0810. The zero-order valence-corrected chi connectivity index (χ0v) is 10.9. The van der Waals surface area contributed by atoms with Gasteiger partial charge in [0.05, 0.1) is 0 Å². The van der Waals surface area contributed by atoms with Gasteiger partial charge in [0, 0.05) is 13.1 Å². The van der Waals surface area contributed by atoms with Crippen molar-refractivity contribution < 1.29 is 13.9 Å². The van der Waals surface area contributed by atoms with Crippen LogP contribution in [0.25, 0.3) is 0 Å². The predicted molar refractivity (Wildman–Crippen MR) is 68.1 cm³/mol. The molecule has 1 rings (SSSR count). The maximum Gasteiger partial charge on any atom is 0.257 e. The molecule has 0 aliphatic heterocycles. The lowest BCUT2D eigenvalue weighted by molar-refractivity contribution is -0.122. The lowest BCUT2D eigenvalue weighted by atomic mass is 10.1. The average molecular weight is 254 g/mol. The van der Waals surface area contributed by atoms with Crippen molar-refractivity contribution in [1.82, 2.24) is 10.6 Å². The van der Waals surface area contributed by atoms with Crippen LogP contribution in [0.3, 0.4) is 0 Å². The minimum atomic E-state index is -0.457. The van der Waals surface area contributed by atoms with Crippen molar-refractivity contribution in [3.63, 3.8) is 0 Å². The van der Waals surface area contributed by atoms with Crippen molar-refractivity contribution in [2.24, 2.45) is 0 Å². The lowest BCUT2D eigenvalue weighted by Crippen LogP contribution is -2.25. The molecule has 0 aliphatic rings. The van der Waals surface area contributed by atoms with Gasteiger partial charge >= 0.3 is 0 Å². The summed E-state index contributed by atoms with van der Waals surface area (Å²) in [5.74, 6) is -0.660. The minimum Gasteiger partial charge on any atom is -0.481 e. The Hall–Kier alpha value is -1.62. The number of likely N-dealkylation sites (N-methyl/N-ethyl adjacent to an activating group) is 1. The highest BCUT2D eigenvalue weighted by molar-refractivity contribution is 5.77. The third kappa shape index (κ3) is 4.00. The molecule has 0 bridgehead atoms. The summed E-state index contributed by atoms with van der Waals surface area (Å²) in [7, 11) is 1.50. The van der Waals surface area contributed by atoms with Crippen LogP contribution < -0.4 is 15.4 Å². The molecule has 5 heteroatoms. The first-order chi connectivity index (χ1) is 8.58. The molecule has 0 aliphatic carbocycles. The van der Waals surface area contributed by atoms with E-state index in [2.05, 4.69) is 10.6 Å². The number of carbonyl (C=O) groups is 1. The number of rotatable bonds is 6. The summed E-state index contributed by atoms with van der Waals surface area (Å²) in [6, 6.07) is 4.83. The van der Waals surface area contributed by atoms with Crippen LogP contribution in [0.5, 0.6) is 5.75 Å². The predicted octanol–water partition coefficient (Wildman–Crippen LogP) is 1.62. The van der Waals surface area contributed by atoms with E-state index in [1.54, 1.807) is 12.1 Å². The van der Waals surface area contributed by atoms with Gasteiger partial charge in [-0.15, -0.1) is 0 Å². The summed E-state index contributed by atoms with van der Waals surface area (Å²) in [4.78, 5) is 11.0. The molecule has 4 nitrogen and oxygen atoms in total. The van der Waals surface area contributed by atoms with Gasteiger partial charge in [0.15, 0.2) is 18.2 Å². The number of amides is 1. The molecule has 1 atom stereocenters. The highest BCUT2D eigenvalue weighted by atomic mass is 19.1. The van der Waals surface area contributed by atoms with Gasteiger partial charge in [-0.1, -0.05) is 13.0 Å². The highest BCUT2D eigenvalue weighted by Gasteiger charge is 2.10. The normalized spacial score (nSPS) is 12.0. The summed E-state index contributed by atoms with van der Waals surface area (Å²) in [5.41, 5.74) is 0.849. The van der Waals surface area contributed by atoms with E-state index < -0.39 is 5.82 Å². The third-order valence-electron chi connectivity index (χ3n) is 2.60. The second-order valence-corrected chi connectivity index (χ2v) is 3.93. The van der Waals surface area contributed by atoms with E-state index in [0.717, 1.165) is 12.1 Å². The topological polar surface area (TPSA) is 50.4 Å². The number of hydrogen-bond donors (Lipinski definition) is 2. The molecule has 2 N–H and O–H groups in total. The van der Waals surface area contributed by atoms with Gasteiger partial charge in [-0.2, -0.15) is 0 Å². The fourth-order valence-corrected chi connectivity index (χ4v) is 1.54. The Labute approximate surface area is 107 Å². The van der Waals surface area contributed by atoms with E-state index in [4.69, 9.17) is 4.74 Å². The van der Waals surface area contributed by atoms with Gasteiger partial charge in [0.25, 0.3) is 5.91 Å². The molecular formula is C13H19FN2O2. The van der Waals surface area contributed by atoms with E-state index in [-0.39, 0.29) is 24.3 Å². The Bertz CT molecular complexity index is 410. The maximum absolute atomic E-state index is 13.7. The quantitative estimate of drug-likeness (QED) is 0.811. The van der Waals surface area contributed by atoms with Crippen LogP contribution in [-0.4, -0.2) is 26.1 Å². The second kappa shape index (κ2) is 6.96. The Morgan fingerprint density at radius 1 is 1.50 bits per heavy atom. The molecule has 0 saturated heterocycles. The molecule has 100 valence electrons. The van der Waals surface area contributed by atoms with Gasteiger partial charge in [-0.25, -0.2) is 4.39 Å². The SMILES string of the molecule is CCNC(C)c1ccc(OCC(=O)NC)c(F)c1. The summed E-state index contributed by atoms with van der Waals surface area (Å²) in [5, 5.41) is 5.60. The molecule has 1 aromatic carbocycles. The molecule has 0 radical (unpaired) electrons. The third-order valence-corrected chi connectivity index (χ3v) is 2.60. The van der Waals surface area contributed by atoms with Crippen LogP contribution in [0, 0.1) is 5.82 Å². The molecule has 1 amide bonds. The van der Waals surface area contributed by atoms with Crippen LogP contribution in [0.15, 0.2) is 18.2 Å². The summed E-state index contributed by atoms with van der Waals surface area (Å²) >= 11 is 0. The van der Waals surface area contributed by atoms with Crippen molar-refractivity contribution in [2.75, 3.05) is 20.2 Å². The van der Waals surface area contributed by atoms with Gasteiger partial charge in [0.1, 0.15) is 0 Å². The lowest BCUT2D eigenvalue weighted by Gasteiger charge is -2.14. The Morgan fingerprint density at radius 2 is 2.22 bits per heavy atom. The van der Waals surface area contributed by atoms with Gasteiger partial charge < -0.3 is 15.4 Å². The van der Waals surface area contributed by atoms with Crippen molar-refractivity contribution in [3.05, 3.63) is 29.6 Å². The van der Waals surface area contributed by atoms with Crippen LogP contribution in [-0.2, 0) is 4.79 Å². The summed E-state index contributed by atoms with van der Waals surface area (Å²) < 4.78 is 18.8. The Kier molecular flexibility index (Phi) is 5.58. The number of nitrogens with one attached hydrogen (secondary N) is 2. The molecule has 0 heterocycles. The first kappa shape index (κ1) is 14.4. The molecule has 0 fully saturated rings. The zero-order valence-electron chi connectivity index (χ0n) is 10.9. The fraction of sp³-hybridized carbons (Fsp3) is 0.462. The first-order valence-corrected chi connectivity index (χ1v) is 5.94. The summed E-state index contributed by atoms with van der Waals surface area (Å²) in [6.07, 6.45) is 0. The standard InChI is InChI=1S/C13H19FN2O2/c1-4-16-9(2)10-5-6-12(11(14)7-10)18-8-13(17)15-3/h5-7,9,16H,4,8H2,1-3H3,(H,15,17). The number of halogens is 1. The van der Waals surface area contributed by atoms with Gasteiger partial charge in [-0.05, 0) is 31.2 Å². The van der Waals surface area contributed by atoms with E-state index in [1.807, 2.05) is 13.8 Å². The molecule has 0 saturated carbocycles. The highest BCUT2D eigenvalue weighted by Crippen LogP contribution is 2.21. The van der Waals surface area contributed by atoms with Gasteiger partial charge in [0.2, 0.25) is 0 Å². The average Bonchev–Trinajstić information content (AvgIpc) is 2.37. The van der Waals surface area contributed by atoms with Gasteiger partial charge in [-0.3, -0.25) is 4.79 Å². The van der Waals surface area contributed by atoms with Crippen LogP contribution in [0.1, 0.15) is 25.5 Å². The molecule has 0 aromatic heterocycles. The molecule has 1 unspecified atom stereocenters. The summed E-state index contributed by atoms with van der Waals surface area (Å²) in [6.45, 7) is 4.59. The van der Waals surface area contributed by atoms with E-state index >= 15 is 0 Å². The monoisotopic (exact) mass is 254 g/mol. The number of hydrogen-bond acceptors (Lipinski definition) is 3. The molecule has 18 heavy (non-hydrogen) atoms. The first-order valence-electron chi connectivity index (χ1n) is 5.94. The van der Waals surface area contributed by atoms with Crippen LogP contribution in [0.2, 0.25) is 0 Å². The van der Waals surface area contributed by atoms with E-state index in [0.29, 0.717) is 0 Å². The number of benzene rings is 1. The number of ether oxygens (including phenoxy) is 1. The zero-order chi connectivity index (χ0) is 13.5. The van der Waals surface area contributed by atoms with E-state index in [1.165, 1.54) is 13.1 Å². The van der Waals surface area contributed by atoms with Crippen LogP contribution in [0.4, 0.5) is 4.39 Å². The Balaban J connectivity index is 2.70. The molecular weight excluding hydrogens is 235 g/mol. The molecule has 0 spiro atoms. The second-order valence-electron chi connectivity index (χ2n) is 3.93. The van der Waals surface area contributed by atoms with Crippen LogP contribution >= 0.6 is 0 Å². The number of carbonyl (C=O) groups excluding carboxylic acids is 1. The largest absolute Gasteiger partial charge is 0.481 e. The maximum atomic E-state index is 13.7.